The van der Waals surface area contributed by atoms with E-state index in [-0.39, 0.29) is 41.0 Å². The Bertz CT molecular complexity index is 1250. The number of halogens is 1. The van der Waals surface area contributed by atoms with E-state index in [4.69, 9.17) is 9.47 Å². The number of amides is 1. The van der Waals surface area contributed by atoms with E-state index >= 15 is 0 Å². The highest BCUT2D eigenvalue weighted by Gasteiger charge is 2.63. The lowest BCUT2D eigenvalue weighted by Crippen LogP contribution is -2.52. The van der Waals surface area contributed by atoms with Gasteiger partial charge in [-0.3, -0.25) is 0 Å². The number of ether oxygens (including phenoxy) is 2. The molecule has 3 aliphatic rings. The minimum absolute atomic E-state index is 0.0970. The average Bonchev–Trinajstić information content (AvgIpc) is 3.53. The molecule has 1 saturated carbocycles. The number of hydrogen-bond donors (Lipinski definition) is 1. The van der Waals surface area contributed by atoms with E-state index in [0.29, 0.717) is 41.9 Å². The molecule has 1 amide bonds. The number of rotatable bonds is 6. The molecule has 4 atom stereocenters. The highest BCUT2D eigenvalue weighted by atomic mass is 32.2. The van der Waals surface area contributed by atoms with Gasteiger partial charge in [-0.05, 0) is 57.2 Å². The lowest BCUT2D eigenvalue weighted by Gasteiger charge is -2.40. The lowest BCUT2D eigenvalue weighted by atomic mass is 9.95. The van der Waals surface area contributed by atoms with E-state index in [1.807, 2.05) is 18.7 Å². The van der Waals surface area contributed by atoms with Crippen molar-refractivity contribution in [2.24, 2.45) is 11.8 Å². The first kappa shape index (κ1) is 23.8. The molecule has 1 N–H and O–H groups in total. The van der Waals surface area contributed by atoms with Crippen LogP contribution in [0, 0.1) is 24.6 Å². The van der Waals surface area contributed by atoms with Crippen molar-refractivity contribution in [3.8, 4) is 5.88 Å². The molecule has 5 rings (SSSR count). The number of fused-ring (bicyclic) bond motifs is 5. The SMILES string of the molecule is Cc1c(Nc2ccc(S(C)(=O)=O)cc2F)ncnc1OC1CC2C3CC3C(C1)N2C(=O)OC(C)C. The Hall–Kier alpha value is -2.95. The summed E-state index contributed by atoms with van der Waals surface area (Å²) in [6, 6.07) is 3.90. The second-order valence-corrected chi connectivity index (χ2v) is 12.0. The lowest BCUT2D eigenvalue weighted by molar-refractivity contribution is 0.00809. The Balaban J connectivity index is 1.30. The number of nitrogens with one attached hydrogen (secondary N) is 1. The van der Waals surface area contributed by atoms with Gasteiger partial charge in [0.1, 0.15) is 24.1 Å². The van der Waals surface area contributed by atoms with Crippen LogP contribution in [0.5, 0.6) is 5.88 Å². The molecule has 188 valence electrons. The third kappa shape index (κ3) is 4.53. The van der Waals surface area contributed by atoms with Crippen molar-refractivity contribution in [3.05, 3.63) is 35.9 Å². The van der Waals surface area contributed by atoms with Crippen molar-refractivity contribution >= 4 is 27.4 Å². The Kier molecular flexibility index (Phi) is 5.85. The molecular weight excluding hydrogens is 475 g/mol. The van der Waals surface area contributed by atoms with E-state index < -0.39 is 15.7 Å². The summed E-state index contributed by atoms with van der Waals surface area (Å²) in [5.41, 5.74) is 0.707. The second kappa shape index (κ2) is 8.61. The third-order valence-corrected chi connectivity index (χ3v) is 8.20. The normalized spacial score (nSPS) is 26.9. The van der Waals surface area contributed by atoms with Crippen molar-refractivity contribution in [2.75, 3.05) is 11.6 Å². The zero-order chi connectivity index (χ0) is 25.1. The van der Waals surface area contributed by atoms with E-state index in [9.17, 15) is 17.6 Å². The molecule has 2 saturated heterocycles. The van der Waals surface area contributed by atoms with Crippen molar-refractivity contribution < 1.29 is 27.1 Å². The molecule has 1 aromatic heterocycles. The van der Waals surface area contributed by atoms with Gasteiger partial charge in [0.15, 0.2) is 9.84 Å². The number of sulfone groups is 1. The summed E-state index contributed by atoms with van der Waals surface area (Å²) in [6.07, 6.45) is 4.43. The fraction of sp³-hybridized carbons (Fsp3) is 0.542. The Morgan fingerprint density at radius 3 is 2.46 bits per heavy atom. The van der Waals surface area contributed by atoms with Gasteiger partial charge in [-0.2, -0.15) is 0 Å². The maximum atomic E-state index is 14.5. The monoisotopic (exact) mass is 504 g/mol. The highest BCUT2D eigenvalue weighted by Crippen LogP contribution is 2.59. The molecule has 3 fully saturated rings. The van der Waals surface area contributed by atoms with Crippen molar-refractivity contribution in [2.45, 2.75) is 69.2 Å². The Labute approximate surface area is 204 Å². The van der Waals surface area contributed by atoms with Crippen molar-refractivity contribution in [1.82, 2.24) is 14.9 Å². The summed E-state index contributed by atoms with van der Waals surface area (Å²) in [4.78, 5) is 23.0. The molecule has 2 aliphatic heterocycles. The van der Waals surface area contributed by atoms with Crippen LogP contribution in [0.1, 0.15) is 38.7 Å². The summed E-state index contributed by atoms with van der Waals surface area (Å²) in [7, 11) is -3.51. The van der Waals surface area contributed by atoms with Gasteiger partial charge in [-0.1, -0.05) is 0 Å². The minimum Gasteiger partial charge on any atom is -0.474 e. The van der Waals surface area contributed by atoms with Crippen LogP contribution in [0.15, 0.2) is 29.4 Å². The van der Waals surface area contributed by atoms with Crippen LogP contribution < -0.4 is 10.1 Å². The van der Waals surface area contributed by atoms with Gasteiger partial charge in [0, 0.05) is 31.2 Å². The minimum atomic E-state index is -3.51. The first-order valence-electron chi connectivity index (χ1n) is 11.8. The van der Waals surface area contributed by atoms with Gasteiger partial charge in [0.05, 0.1) is 22.3 Å². The summed E-state index contributed by atoms with van der Waals surface area (Å²) in [5.74, 6) is 1.08. The number of nitrogens with zero attached hydrogens (tertiary/aromatic N) is 3. The van der Waals surface area contributed by atoms with Gasteiger partial charge in [0.2, 0.25) is 5.88 Å². The van der Waals surface area contributed by atoms with Crippen molar-refractivity contribution in [1.29, 1.82) is 0 Å². The summed E-state index contributed by atoms with van der Waals surface area (Å²) in [6.45, 7) is 5.49. The molecule has 0 radical (unpaired) electrons. The summed E-state index contributed by atoms with van der Waals surface area (Å²) < 4.78 is 49.6. The molecule has 2 bridgehead atoms. The molecule has 0 spiro atoms. The van der Waals surface area contributed by atoms with E-state index in [0.717, 1.165) is 18.7 Å². The van der Waals surface area contributed by atoms with Crippen LogP contribution in [0.2, 0.25) is 0 Å². The van der Waals surface area contributed by atoms with Crippen molar-refractivity contribution in [3.63, 3.8) is 0 Å². The number of carbonyl (C=O) groups excluding carboxylic acids is 1. The molecule has 2 aromatic rings. The van der Waals surface area contributed by atoms with Crippen LogP contribution in [0.25, 0.3) is 0 Å². The number of anilines is 2. The average molecular weight is 505 g/mol. The fourth-order valence-corrected chi connectivity index (χ4v) is 6.05. The summed E-state index contributed by atoms with van der Waals surface area (Å²) >= 11 is 0. The maximum absolute atomic E-state index is 14.5. The molecule has 1 aliphatic carbocycles. The van der Waals surface area contributed by atoms with Crippen LogP contribution in [0.4, 0.5) is 20.7 Å². The number of piperidine rings is 2. The molecule has 11 heteroatoms. The van der Waals surface area contributed by atoms with Crippen LogP contribution >= 0.6 is 0 Å². The molecule has 3 heterocycles. The number of benzene rings is 1. The van der Waals surface area contributed by atoms with Gasteiger partial charge in [-0.15, -0.1) is 0 Å². The third-order valence-electron chi connectivity index (χ3n) is 7.09. The van der Waals surface area contributed by atoms with Gasteiger partial charge in [-0.25, -0.2) is 27.6 Å². The fourth-order valence-electron chi connectivity index (χ4n) is 5.41. The first-order valence-corrected chi connectivity index (χ1v) is 13.7. The standard InChI is InChI=1S/C24H29FN4O5S/c1-12(2)33-24(30)29-20-7-14(8-21(29)17-10-16(17)20)34-23-13(3)22(26-11-27-23)28-19-6-5-15(9-18(19)25)35(4,31)32/h5-6,9,11-12,14,16-17,20-21H,7-8,10H2,1-4H3,(H,26,27,28). The first-order chi connectivity index (χ1) is 16.5. The van der Waals surface area contributed by atoms with Gasteiger partial charge >= 0.3 is 6.09 Å². The molecule has 1 aromatic carbocycles. The van der Waals surface area contributed by atoms with E-state index in [1.165, 1.54) is 18.5 Å². The van der Waals surface area contributed by atoms with Crippen LogP contribution in [-0.2, 0) is 14.6 Å². The topological polar surface area (TPSA) is 111 Å². The maximum Gasteiger partial charge on any atom is 0.410 e. The number of hydrogen-bond acceptors (Lipinski definition) is 8. The van der Waals surface area contributed by atoms with Crippen LogP contribution in [0.3, 0.4) is 0 Å². The zero-order valence-corrected chi connectivity index (χ0v) is 20.9. The Morgan fingerprint density at radius 2 is 1.86 bits per heavy atom. The van der Waals surface area contributed by atoms with Gasteiger partial charge in [0.25, 0.3) is 0 Å². The molecule has 4 unspecified atom stereocenters. The predicted octanol–water partition coefficient (Wildman–Crippen LogP) is 3.85. The van der Waals surface area contributed by atoms with E-state index in [1.54, 1.807) is 6.92 Å². The zero-order valence-electron chi connectivity index (χ0n) is 20.1. The molecular formula is C24H29FN4O5S. The van der Waals surface area contributed by atoms with Crippen LogP contribution in [-0.4, -0.2) is 59.9 Å². The highest BCUT2D eigenvalue weighted by molar-refractivity contribution is 7.90. The molecule has 9 nitrogen and oxygen atoms in total. The quantitative estimate of drug-likeness (QED) is 0.632. The van der Waals surface area contributed by atoms with Gasteiger partial charge < -0.3 is 19.7 Å². The van der Waals surface area contributed by atoms with E-state index in [2.05, 4.69) is 15.3 Å². The predicted molar refractivity (Wildman–Crippen MR) is 126 cm³/mol. The number of aromatic nitrogens is 2. The smallest absolute Gasteiger partial charge is 0.410 e. The Morgan fingerprint density at radius 1 is 1.17 bits per heavy atom. The second-order valence-electron chi connectivity index (χ2n) is 9.94. The largest absolute Gasteiger partial charge is 0.474 e. The number of carbonyl (C=O) groups is 1. The molecule has 35 heavy (non-hydrogen) atoms. The summed E-state index contributed by atoms with van der Waals surface area (Å²) in [5, 5.41) is 2.91.